The van der Waals surface area contributed by atoms with Gasteiger partial charge < -0.3 is 16.4 Å². The summed E-state index contributed by atoms with van der Waals surface area (Å²) in [5, 5.41) is 6.81. The molecule has 0 saturated heterocycles. The summed E-state index contributed by atoms with van der Waals surface area (Å²) < 4.78 is 1.93. The highest BCUT2D eigenvalue weighted by molar-refractivity contribution is 9.11. The molecule has 0 spiro atoms. The number of nitrogen functional groups attached to an aromatic ring is 1. The minimum Gasteiger partial charge on any atom is -0.393 e. The summed E-state index contributed by atoms with van der Waals surface area (Å²) in [5.74, 6) is 2.00. The van der Waals surface area contributed by atoms with Crippen LogP contribution in [0, 0.1) is 6.92 Å². The minimum absolute atomic E-state index is 0.374. The van der Waals surface area contributed by atoms with Gasteiger partial charge in [-0.3, -0.25) is 0 Å². The van der Waals surface area contributed by atoms with Gasteiger partial charge in [0.25, 0.3) is 0 Å². The van der Waals surface area contributed by atoms with Gasteiger partial charge in [0.15, 0.2) is 11.6 Å². The van der Waals surface area contributed by atoms with Gasteiger partial charge in [0, 0.05) is 15.0 Å². The minimum atomic E-state index is 0.374. The summed E-state index contributed by atoms with van der Waals surface area (Å²) in [4.78, 5) is 8.98. The molecule has 0 radical (unpaired) electrons. The molecule has 0 saturated carbocycles. The Hall–Kier alpha value is -1.34. The Balaban J connectivity index is 2.29. The molecule has 2 aromatic rings. The number of anilines is 4. The quantitative estimate of drug-likeness (QED) is 0.439. The van der Waals surface area contributed by atoms with E-state index in [0.717, 1.165) is 40.3 Å². The van der Waals surface area contributed by atoms with Crippen LogP contribution in [0.4, 0.5) is 23.0 Å². The van der Waals surface area contributed by atoms with Gasteiger partial charge in [0.05, 0.1) is 5.69 Å². The molecule has 0 unspecified atom stereocenters. The van der Waals surface area contributed by atoms with E-state index in [1.807, 2.05) is 25.1 Å². The first-order chi connectivity index (χ1) is 11.9. The maximum Gasteiger partial charge on any atom is 0.159 e. The smallest absolute Gasteiger partial charge is 0.159 e. The van der Waals surface area contributed by atoms with Gasteiger partial charge in [0.1, 0.15) is 11.5 Å². The van der Waals surface area contributed by atoms with Crippen molar-refractivity contribution in [3.63, 3.8) is 0 Å². The average molecular weight is 471 g/mol. The molecule has 0 bridgehead atoms. The van der Waals surface area contributed by atoms with E-state index in [0.29, 0.717) is 29.2 Å². The summed E-state index contributed by atoms with van der Waals surface area (Å²) in [6, 6.07) is 6.29. The van der Waals surface area contributed by atoms with Crippen molar-refractivity contribution in [2.24, 2.45) is 0 Å². The molecule has 0 amide bonds. The van der Waals surface area contributed by atoms with Crippen LogP contribution in [0.3, 0.4) is 0 Å². The second-order valence-corrected chi connectivity index (χ2v) is 7.82. The molecule has 136 valence electrons. The van der Waals surface area contributed by atoms with Crippen molar-refractivity contribution in [1.29, 1.82) is 0 Å². The molecule has 0 aliphatic rings. The molecule has 0 aliphatic heterocycles. The van der Waals surface area contributed by atoms with Gasteiger partial charge in [-0.2, -0.15) is 0 Å². The van der Waals surface area contributed by atoms with Crippen LogP contribution >= 0.6 is 31.9 Å². The van der Waals surface area contributed by atoms with E-state index in [-0.39, 0.29) is 0 Å². The van der Waals surface area contributed by atoms with Crippen molar-refractivity contribution in [2.45, 2.75) is 52.5 Å². The lowest BCUT2D eigenvalue weighted by Gasteiger charge is -2.21. The summed E-state index contributed by atoms with van der Waals surface area (Å²) >= 11 is 7.01. The number of hydrogen-bond acceptors (Lipinski definition) is 5. The van der Waals surface area contributed by atoms with Crippen LogP contribution in [0.2, 0.25) is 0 Å². The van der Waals surface area contributed by atoms with Crippen molar-refractivity contribution in [3.8, 4) is 0 Å². The Morgan fingerprint density at radius 3 is 2.32 bits per heavy atom. The van der Waals surface area contributed by atoms with E-state index in [1.165, 1.54) is 0 Å². The summed E-state index contributed by atoms with van der Waals surface area (Å²) in [6.07, 6.45) is 4.44. The Morgan fingerprint density at radius 2 is 1.72 bits per heavy atom. The molecular weight excluding hydrogens is 446 g/mol. The van der Waals surface area contributed by atoms with E-state index in [2.05, 4.69) is 66.3 Å². The maximum atomic E-state index is 6.35. The van der Waals surface area contributed by atoms with Crippen LogP contribution < -0.4 is 16.4 Å². The maximum absolute atomic E-state index is 6.35. The monoisotopic (exact) mass is 469 g/mol. The lowest BCUT2D eigenvalue weighted by Crippen LogP contribution is -2.21. The molecule has 25 heavy (non-hydrogen) atoms. The van der Waals surface area contributed by atoms with E-state index in [9.17, 15) is 0 Å². The van der Waals surface area contributed by atoms with Crippen molar-refractivity contribution in [1.82, 2.24) is 9.97 Å². The predicted molar refractivity (Wildman–Crippen MR) is 114 cm³/mol. The van der Waals surface area contributed by atoms with E-state index < -0.39 is 0 Å². The molecular formula is C18H25Br2N5. The second-order valence-electron chi connectivity index (χ2n) is 6.05. The second kappa shape index (κ2) is 9.38. The third-order valence-corrected chi connectivity index (χ3v) is 5.01. The number of nitrogens with two attached hydrogens (primary N) is 1. The first-order valence-corrected chi connectivity index (χ1v) is 10.2. The highest BCUT2D eigenvalue weighted by Crippen LogP contribution is 2.32. The number of nitrogens with zero attached hydrogens (tertiary/aromatic N) is 2. The molecule has 1 heterocycles. The van der Waals surface area contributed by atoms with Crippen LogP contribution in [0.1, 0.15) is 45.4 Å². The van der Waals surface area contributed by atoms with Crippen LogP contribution in [-0.2, 0) is 0 Å². The molecule has 0 fully saturated rings. The predicted octanol–water partition coefficient (Wildman–Crippen LogP) is 6.02. The number of benzene rings is 1. The summed E-state index contributed by atoms with van der Waals surface area (Å²) in [7, 11) is 0. The van der Waals surface area contributed by atoms with Crippen molar-refractivity contribution >= 4 is 54.9 Å². The van der Waals surface area contributed by atoms with Crippen LogP contribution in [0.5, 0.6) is 0 Å². The zero-order valence-corrected chi connectivity index (χ0v) is 18.0. The van der Waals surface area contributed by atoms with Crippen LogP contribution in [0.15, 0.2) is 27.1 Å². The molecule has 1 aromatic heterocycles. The number of aryl methyl sites for hydroxylation is 1. The highest BCUT2D eigenvalue weighted by Gasteiger charge is 2.15. The molecule has 4 N–H and O–H groups in total. The largest absolute Gasteiger partial charge is 0.393 e. The zero-order chi connectivity index (χ0) is 18.4. The van der Waals surface area contributed by atoms with Gasteiger partial charge in [-0.15, -0.1) is 0 Å². The fourth-order valence-corrected chi connectivity index (χ4v) is 3.83. The topological polar surface area (TPSA) is 75.9 Å². The summed E-state index contributed by atoms with van der Waals surface area (Å²) in [6.45, 7) is 6.26. The standard InChI is InChI=1S/C18H25Br2N5/c1-4-6-13(7-5-2)24-17-16(21)18(23-11(3)22-17)25-15-9-8-12(19)10-14(15)20/h8-10,13H,4-7,21H2,1-3H3,(H2,22,23,24,25). The number of aromatic nitrogens is 2. The van der Waals surface area contributed by atoms with Gasteiger partial charge >= 0.3 is 0 Å². The third-order valence-electron chi connectivity index (χ3n) is 3.86. The molecule has 2 rings (SSSR count). The van der Waals surface area contributed by atoms with Crippen LogP contribution in [0.25, 0.3) is 0 Å². The van der Waals surface area contributed by atoms with Gasteiger partial charge in [0.2, 0.25) is 0 Å². The Morgan fingerprint density at radius 1 is 1.08 bits per heavy atom. The van der Waals surface area contributed by atoms with Crippen molar-refractivity contribution in [3.05, 3.63) is 33.0 Å². The van der Waals surface area contributed by atoms with Gasteiger partial charge in [-0.05, 0) is 53.9 Å². The fraction of sp³-hybridized carbons (Fsp3) is 0.444. The Labute approximate surface area is 166 Å². The molecule has 5 nitrogen and oxygen atoms in total. The number of rotatable bonds is 8. The highest BCUT2D eigenvalue weighted by atomic mass is 79.9. The molecule has 1 aromatic carbocycles. The third kappa shape index (κ3) is 5.57. The Kier molecular flexibility index (Phi) is 7.50. The number of nitrogens with one attached hydrogen (secondary N) is 2. The molecule has 0 atom stereocenters. The number of halogens is 2. The average Bonchev–Trinajstić information content (AvgIpc) is 2.54. The lowest BCUT2D eigenvalue weighted by molar-refractivity contribution is 0.584. The first-order valence-electron chi connectivity index (χ1n) is 8.57. The normalized spacial score (nSPS) is 11.0. The summed E-state index contributed by atoms with van der Waals surface area (Å²) in [5.41, 5.74) is 7.79. The Bertz CT molecular complexity index is 715. The fourth-order valence-electron chi connectivity index (χ4n) is 2.68. The lowest BCUT2D eigenvalue weighted by atomic mass is 10.1. The van der Waals surface area contributed by atoms with Gasteiger partial charge in [-0.25, -0.2) is 9.97 Å². The van der Waals surface area contributed by atoms with E-state index >= 15 is 0 Å². The van der Waals surface area contributed by atoms with Crippen molar-refractivity contribution < 1.29 is 0 Å². The SMILES string of the molecule is CCCC(CCC)Nc1nc(C)nc(Nc2ccc(Br)cc2Br)c1N. The molecule has 0 aliphatic carbocycles. The van der Waals surface area contributed by atoms with Gasteiger partial charge in [-0.1, -0.05) is 42.6 Å². The van der Waals surface area contributed by atoms with E-state index in [1.54, 1.807) is 0 Å². The first kappa shape index (κ1) is 20.0. The molecule has 7 heteroatoms. The van der Waals surface area contributed by atoms with E-state index in [4.69, 9.17) is 5.73 Å². The zero-order valence-electron chi connectivity index (χ0n) is 14.9. The number of hydrogen-bond donors (Lipinski definition) is 3. The van der Waals surface area contributed by atoms with Crippen molar-refractivity contribution in [2.75, 3.05) is 16.4 Å². The van der Waals surface area contributed by atoms with Crippen LogP contribution in [-0.4, -0.2) is 16.0 Å².